The maximum absolute atomic E-state index is 13.3. The molecule has 59 heavy (non-hydrogen) atoms. The van der Waals surface area contributed by atoms with Crippen LogP contribution < -0.4 is 26.2 Å². The number of nitrogens with one attached hydrogen (secondary N) is 1. The quantitative estimate of drug-likeness (QED) is 0.0635. The zero-order valence-electron chi connectivity index (χ0n) is 33.6. The molecule has 0 saturated carbocycles. The third-order valence-electron chi connectivity index (χ3n) is 12.0. The highest BCUT2D eigenvalue weighted by Crippen LogP contribution is 2.36. The topological polar surface area (TPSA) is 122 Å². The highest BCUT2D eigenvalue weighted by molar-refractivity contribution is 6.05. The van der Waals surface area contributed by atoms with Gasteiger partial charge in [0, 0.05) is 24.6 Å². The number of nitrogens with two attached hydrogens (primary N) is 1. The lowest BCUT2D eigenvalue weighted by molar-refractivity contribution is -0.136. The van der Waals surface area contributed by atoms with Crippen molar-refractivity contribution in [1.82, 2.24) is 10.2 Å². The summed E-state index contributed by atoms with van der Waals surface area (Å²) in [5, 5.41) is 14.8. The van der Waals surface area contributed by atoms with Crippen LogP contribution in [0.1, 0.15) is 97.3 Å². The van der Waals surface area contributed by atoms with Crippen LogP contribution in [0.2, 0.25) is 0 Å². The largest absolute Gasteiger partial charge is 0.508 e. The van der Waals surface area contributed by atoms with Gasteiger partial charge in [-0.3, -0.25) is 19.7 Å². The number of imide groups is 1. The van der Waals surface area contributed by atoms with Crippen LogP contribution in [0.4, 0.5) is 0 Å². The Morgan fingerprint density at radius 3 is 2.32 bits per heavy atom. The summed E-state index contributed by atoms with van der Waals surface area (Å²) in [6.07, 6.45) is 9.44. The normalized spacial score (nSPS) is 17.3. The van der Waals surface area contributed by atoms with Gasteiger partial charge in [0.25, 0.3) is 5.91 Å². The molecule has 2 heterocycles. The fraction of sp³-hybridized carbons (Fsp3) is 0.275. The van der Waals surface area contributed by atoms with Gasteiger partial charge in [-0.25, -0.2) is 0 Å². The number of fused-ring (bicyclic) bond motifs is 2. The molecule has 0 bridgehead atoms. The predicted molar refractivity (Wildman–Crippen MR) is 233 cm³/mol. The molecule has 5 aromatic carbocycles. The van der Waals surface area contributed by atoms with Gasteiger partial charge >= 0.3 is 0 Å². The summed E-state index contributed by atoms with van der Waals surface area (Å²) >= 11 is 0. The Hall–Kier alpha value is -6.25. The number of carbonyl (C=O) groups excluding carboxylic acids is 3. The molecule has 300 valence electrons. The minimum atomic E-state index is -0.634. The molecule has 5 aromatic rings. The molecule has 0 aromatic heterocycles. The number of piperidine rings is 1. The molecule has 2 unspecified atom stereocenters. The van der Waals surface area contributed by atoms with E-state index in [2.05, 4.69) is 79.0 Å². The lowest BCUT2D eigenvalue weighted by Crippen LogP contribution is -2.52. The number of hydrogen-bond donors (Lipinski definition) is 3. The number of aromatic hydroxyl groups is 1. The highest BCUT2D eigenvalue weighted by atomic mass is 16.5. The summed E-state index contributed by atoms with van der Waals surface area (Å²) in [6.45, 7) is 3.12. The molecular formula is C51H51N3O5. The molecule has 2 aliphatic heterocycles. The Bertz CT molecular complexity index is 2530. The van der Waals surface area contributed by atoms with Gasteiger partial charge in [-0.15, -0.1) is 0 Å². The van der Waals surface area contributed by atoms with Gasteiger partial charge in [0.05, 0.1) is 6.61 Å². The van der Waals surface area contributed by atoms with Crippen molar-refractivity contribution in [2.24, 2.45) is 5.73 Å². The number of phenols is 1. The number of carbonyl (C=O) groups is 3. The molecule has 2 atom stereocenters. The van der Waals surface area contributed by atoms with Crippen LogP contribution in [0.25, 0.3) is 33.9 Å². The van der Waals surface area contributed by atoms with Crippen LogP contribution in [0.15, 0.2) is 115 Å². The summed E-state index contributed by atoms with van der Waals surface area (Å²) in [7, 11) is 0. The Kier molecular flexibility index (Phi) is 11.9. The van der Waals surface area contributed by atoms with Gasteiger partial charge in [0.2, 0.25) is 11.8 Å². The molecule has 8 heteroatoms. The second kappa shape index (κ2) is 17.7. The molecular weight excluding hydrogens is 735 g/mol. The van der Waals surface area contributed by atoms with Crippen LogP contribution in [0, 0.1) is 0 Å². The van der Waals surface area contributed by atoms with Gasteiger partial charge in [0.1, 0.15) is 17.5 Å². The highest BCUT2D eigenvalue weighted by Gasteiger charge is 2.39. The van der Waals surface area contributed by atoms with Crippen LogP contribution in [0.3, 0.4) is 0 Å². The molecule has 1 fully saturated rings. The molecule has 0 spiro atoms. The molecule has 1 aliphatic carbocycles. The minimum absolute atomic E-state index is 0.0722. The summed E-state index contributed by atoms with van der Waals surface area (Å²) < 4.78 is 6.23. The van der Waals surface area contributed by atoms with Crippen molar-refractivity contribution in [2.45, 2.75) is 83.3 Å². The summed E-state index contributed by atoms with van der Waals surface area (Å²) in [5.74, 6) is 0.218. The average Bonchev–Trinajstić information content (AvgIpc) is 3.42. The number of rotatable bonds is 13. The average molecular weight is 786 g/mol. The Labute approximate surface area is 345 Å². The van der Waals surface area contributed by atoms with Crippen LogP contribution in [0.5, 0.6) is 11.5 Å². The van der Waals surface area contributed by atoms with E-state index in [1.807, 2.05) is 42.5 Å². The first-order valence-electron chi connectivity index (χ1n) is 21.0. The Morgan fingerprint density at radius 2 is 1.58 bits per heavy atom. The number of unbranched alkanes of at least 4 members (excludes halogenated alkanes) is 1. The van der Waals surface area contributed by atoms with Gasteiger partial charge < -0.3 is 20.5 Å². The molecule has 4 N–H and O–H groups in total. The Morgan fingerprint density at radius 1 is 0.847 bits per heavy atom. The molecule has 1 saturated heterocycles. The van der Waals surface area contributed by atoms with Crippen molar-refractivity contribution < 1.29 is 24.2 Å². The maximum Gasteiger partial charge on any atom is 0.255 e. The van der Waals surface area contributed by atoms with E-state index < -0.39 is 11.9 Å². The van der Waals surface area contributed by atoms with Gasteiger partial charge in [-0.05, 0) is 154 Å². The fourth-order valence-corrected chi connectivity index (χ4v) is 8.87. The van der Waals surface area contributed by atoms with Crippen LogP contribution in [-0.2, 0) is 16.1 Å². The van der Waals surface area contributed by atoms with E-state index in [-0.39, 0.29) is 30.0 Å². The first-order valence-corrected chi connectivity index (χ1v) is 21.0. The smallest absolute Gasteiger partial charge is 0.255 e. The lowest BCUT2D eigenvalue weighted by Gasteiger charge is -2.29. The molecule has 3 amide bonds. The number of nitrogens with zero attached hydrogens (tertiary/aromatic N) is 1. The number of amides is 3. The zero-order chi connectivity index (χ0) is 40.9. The number of hydrogen-bond acceptors (Lipinski definition) is 6. The fourth-order valence-electron chi connectivity index (χ4n) is 8.87. The van der Waals surface area contributed by atoms with Gasteiger partial charge in [0.15, 0.2) is 0 Å². The first kappa shape index (κ1) is 39.6. The third kappa shape index (κ3) is 8.64. The molecule has 8 rings (SSSR count). The zero-order valence-corrected chi connectivity index (χ0v) is 33.6. The standard InChI is InChI=1S/C51H51N3O5/c1-2-42(33-10-4-3-5-11-33)49(35-17-22-40(55)23-18-35)36-19-24-41(25-20-36)59-29-9-8-14-46(52)44-13-7-6-12-34-15-16-38(31-45(34)44)37-21-26-43-39(30-37)32-54(51(43)58)47-27-28-48(56)53-50(47)57/h3-5,10-12,15-26,30-31,46-47,55H,2,6-9,13-14,27-29,32,52H2,1H3,(H,53,56,57)/b49-42-. The number of benzene rings is 5. The van der Waals surface area contributed by atoms with E-state index >= 15 is 0 Å². The van der Waals surface area contributed by atoms with E-state index in [0.717, 1.165) is 84.1 Å². The maximum atomic E-state index is 13.3. The summed E-state index contributed by atoms with van der Waals surface area (Å²) in [6, 6.07) is 38.0. The second-order valence-corrected chi connectivity index (χ2v) is 15.8. The van der Waals surface area contributed by atoms with E-state index in [9.17, 15) is 19.5 Å². The van der Waals surface area contributed by atoms with E-state index in [4.69, 9.17) is 10.5 Å². The Balaban J connectivity index is 0.924. The van der Waals surface area contributed by atoms with Crippen molar-refractivity contribution in [1.29, 1.82) is 0 Å². The van der Waals surface area contributed by atoms with E-state index in [0.29, 0.717) is 25.1 Å². The third-order valence-corrected chi connectivity index (χ3v) is 12.0. The van der Waals surface area contributed by atoms with Gasteiger partial charge in [-0.1, -0.05) is 85.8 Å². The first-order chi connectivity index (χ1) is 28.8. The lowest BCUT2D eigenvalue weighted by atomic mass is 9.88. The molecule has 0 radical (unpaired) electrons. The SMILES string of the molecule is CC/C(=C(\c1ccc(O)cc1)c1ccc(OCCCCC(N)C2=c3cc(-c4ccc5c(c4)CN(C4CCC(=O)NC4=O)C5=O)ccc3=CCCC2)cc1)c1ccccc1. The van der Waals surface area contributed by atoms with Crippen molar-refractivity contribution in [2.75, 3.05) is 6.61 Å². The van der Waals surface area contributed by atoms with Crippen LogP contribution in [-0.4, -0.2) is 46.4 Å². The van der Waals surface area contributed by atoms with E-state index in [1.165, 1.54) is 27.1 Å². The molecule has 3 aliphatic rings. The number of ether oxygens (including phenoxy) is 1. The van der Waals surface area contributed by atoms with Crippen molar-refractivity contribution in [3.63, 3.8) is 0 Å². The van der Waals surface area contributed by atoms with E-state index in [1.54, 1.807) is 17.0 Å². The monoisotopic (exact) mass is 785 g/mol. The number of phenolic OH excluding ortho intramolecular Hbond substituents is 1. The van der Waals surface area contributed by atoms with Crippen LogP contribution >= 0.6 is 0 Å². The molecule has 8 nitrogen and oxygen atoms in total. The minimum Gasteiger partial charge on any atom is -0.508 e. The van der Waals surface area contributed by atoms with Gasteiger partial charge in [-0.2, -0.15) is 0 Å². The summed E-state index contributed by atoms with van der Waals surface area (Å²) in [4.78, 5) is 39.2. The summed E-state index contributed by atoms with van der Waals surface area (Å²) in [5.41, 5.74) is 17.6. The predicted octanol–water partition coefficient (Wildman–Crippen LogP) is 7.88. The van der Waals surface area contributed by atoms with Crippen molar-refractivity contribution in [3.8, 4) is 22.6 Å². The van der Waals surface area contributed by atoms with Crippen molar-refractivity contribution in [3.05, 3.63) is 154 Å². The second-order valence-electron chi connectivity index (χ2n) is 15.8. The number of allylic oxidation sites excluding steroid dienone is 1. The van der Waals surface area contributed by atoms with Crippen molar-refractivity contribution >= 4 is 40.5 Å².